The fourth-order valence-corrected chi connectivity index (χ4v) is 4.90. The van der Waals surface area contributed by atoms with E-state index < -0.39 is 32.1 Å². The standard InChI is InChI=1S/C22H26NO6P.2Na/c24-21(25)16-23-19-12-5-4-11-18(19)13-14-20(22(23)26)29-30(27,28)15-7-6-10-17-8-2-1-3-9-17;;/h1-5,8-9,11-12,20H,6-7,10,13-16H2,(H,24,25)(H,27,28);;/q;2*+1/p-2. The fraction of sp³-hybridized carbons (Fsp3) is 0.364. The molecule has 1 aliphatic rings. The number of hydrogen-bond acceptors (Lipinski definition) is 6. The summed E-state index contributed by atoms with van der Waals surface area (Å²) < 4.78 is 17.7. The molecule has 0 saturated carbocycles. The van der Waals surface area contributed by atoms with E-state index in [1.54, 1.807) is 24.3 Å². The Labute approximate surface area is 232 Å². The van der Waals surface area contributed by atoms with Gasteiger partial charge in [-0.05, 0) is 49.3 Å². The van der Waals surface area contributed by atoms with Gasteiger partial charge >= 0.3 is 59.1 Å². The van der Waals surface area contributed by atoms with Crippen molar-refractivity contribution in [3.05, 3.63) is 65.7 Å². The summed E-state index contributed by atoms with van der Waals surface area (Å²) in [6.07, 6.45) is 1.02. The van der Waals surface area contributed by atoms with Gasteiger partial charge in [0.15, 0.2) is 0 Å². The normalized spacial score (nSPS) is 17.2. The second-order valence-electron chi connectivity index (χ2n) is 7.34. The third kappa shape index (κ3) is 8.71. The third-order valence-electron chi connectivity index (χ3n) is 5.07. The molecule has 2 aromatic rings. The Hall–Kier alpha value is -0.470. The number of carboxylic acid groups (broad SMARTS) is 1. The van der Waals surface area contributed by atoms with Crippen LogP contribution >= 0.6 is 7.60 Å². The molecule has 32 heavy (non-hydrogen) atoms. The number of fused-ring (bicyclic) bond motifs is 1. The smallest absolute Gasteiger partial charge is 0.778 e. The molecule has 0 N–H and O–H groups in total. The first-order valence-corrected chi connectivity index (χ1v) is 11.7. The van der Waals surface area contributed by atoms with Gasteiger partial charge in [-0.2, -0.15) is 0 Å². The summed E-state index contributed by atoms with van der Waals surface area (Å²) in [7, 11) is -4.26. The van der Waals surface area contributed by atoms with E-state index in [2.05, 4.69) is 0 Å². The van der Waals surface area contributed by atoms with Crippen LogP contribution in [0.3, 0.4) is 0 Å². The van der Waals surface area contributed by atoms with E-state index in [1.165, 1.54) is 0 Å². The van der Waals surface area contributed by atoms with E-state index in [-0.39, 0.29) is 71.7 Å². The van der Waals surface area contributed by atoms with Gasteiger partial charge in [0.2, 0.25) is 0 Å². The Balaban J connectivity index is 0.00000256. The van der Waals surface area contributed by atoms with Gasteiger partial charge in [0.25, 0.3) is 5.91 Å². The molecule has 0 aliphatic carbocycles. The molecule has 10 heteroatoms. The van der Waals surface area contributed by atoms with Crippen LogP contribution in [0, 0.1) is 0 Å². The van der Waals surface area contributed by atoms with Gasteiger partial charge < -0.3 is 28.8 Å². The largest absolute Gasteiger partial charge is 1.00 e. The zero-order chi connectivity index (χ0) is 21.6. The monoisotopic (exact) mass is 475 g/mol. The molecule has 2 aromatic carbocycles. The predicted octanol–water partition coefficient (Wildman–Crippen LogP) is -4.31. The molecule has 1 aliphatic heterocycles. The molecule has 0 spiro atoms. The first-order chi connectivity index (χ1) is 14.4. The van der Waals surface area contributed by atoms with Crippen LogP contribution in [0.15, 0.2) is 54.6 Å². The maximum atomic E-state index is 12.9. The van der Waals surface area contributed by atoms with Crippen LogP contribution in [-0.4, -0.2) is 30.7 Å². The van der Waals surface area contributed by atoms with Crippen molar-refractivity contribution in [1.29, 1.82) is 0 Å². The van der Waals surface area contributed by atoms with Gasteiger partial charge in [-0.25, -0.2) is 0 Å². The molecule has 0 bridgehead atoms. The van der Waals surface area contributed by atoms with Gasteiger partial charge in [0.1, 0.15) is 13.7 Å². The van der Waals surface area contributed by atoms with Gasteiger partial charge in [0, 0.05) is 11.8 Å². The zero-order valence-corrected chi connectivity index (χ0v) is 23.5. The number of aryl methyl sites for hydroxylation is 2. The van der Waals surface area contributed by atoms with Gasteiger partial charge in [0.05, 0.1) is 12.5 Å². The van der Waals surface area contributed by atoms with Crippen LogP contribution in [0.2, 0.25) is 0 Å². The Morgan fingerprint density at radius 1 is 1.06 bits per heavy atom. The molecule has 2 unspecified atom stereocenters. The number of anilines is 1. The van der Waals surface area contributed by atoms with Crippen molar-refractivity contribution in [1.82, 2.24) is 0 Å². The van der Waals surface area contributed by atoms with Crippen LogP contribution in [-0.2, 0) is 31.5 Å². The molecule has 3 rings (SSSR count). The first kappa shape index (κ1) is 29.6. The van der Waals surface area contributed by atoms with Crippen molar-refractivity contribution in [3.8, 4) is 0 Å². The maximum absolute atomic E-state index is 12.9. The molecule has 1 amide bonds. The summed E-state index contributed by atoms with van der Waals surface area (Å²) in [6.45, 7) is -0.657. The van der Waals surface area contributed by atoms with E-state index >= 15 is 0 Å². The second kappa shape index (κ2) is 14.1. The summed E-state index contributed by atoms with van der Waals surface area (Å²) in [4.78, 5) is 37.6. The number of benzene rings is 2. The zero-order valence-electron chi connectivity index (χ0n) is 18.6. The van der Waals surface area contributed by atoms with Crippen molar-refractivity contribution >= 4 is 25.2 Å². The van der Waals surface area contributed by atoms with Crippen LogP contribution in [0.4, 0.5) is 5.69 Å². The molecule has 2 atom stereocenters. The average Bonchev–Trinajstić information content (AvgIpc) is 2.84. The quantitative estimate of drug-likeness (QED) is 0.206. The molecular formula is C22H24NNa2O6P. The summed E-state index contributed by atoms with van der Waals surface area (Å²) >= 11 is 0. The topological polar surface area (TPSA) is 110 Å². The number of amides is 1. The van der Waals surface area contributed by atoms with Gasteiger partial charge in [-0.15, -0.1) is 0 Å². The summed E-state index contributed by atoms with van der Waals surface area (Å²) in [5.74, 6) is -2.10. The molecule has 0 fully saturated rings. The number of nitrogens with zero attached hydrogens (tertiary/aromatic N) is 1. The average molecular weight is 475 g/mol. The van der Waals surface area contributed by atoms with Crippen molar-refractivity contribution < 1.29 is 87.8 Å². The Morgan fingerprint density at radius 2 is 1.72 bits per heavy atom. The van der Waals surface area contributed by atoms with Crippen molar-refractivity contribution in [2.75, 3.05) is 17.6 Å². The van der Waals surface area contributed by atoms with Crippen molar-refractivity contribution in [2.45, 2.75) is 38.2 Å². The molecule has 0 saturated heterocycles. The van der Waals surface area contributed by atoms with E-state index in [1.807, 2.05) is 30.3 Å². The fourth-order valence-electron chi connectivity index (χ4n) is 3.60. The minimum absolute atomic E-state index is 0. The van der Waals surface area contributed by atoms with E-state index in [4.69, 9.17) is 4.52 Å². The molecular weight excluding hydrogens is 451 g/mol. The number of rotatable bonds is 9. The number of carboxylic acids is 1. The van der Waals surface area contributed by atoms with Crippen LogP contribution in [0.5, 0.6) is 0 Å². The van der Waals surface area contributed by atoms with Crippen LogP contribution < -0.4 is 74.0 Å². The minimum atomic E-state index is -4.26. The summed E-state index contributed by atoms with van der Waals surface area (Å²) in [6, 6.07) is 16.7. The van der Waals surface area contributed by atoms with E-state index in [9.17, 15) is 24.2 Å². The maximum Gasteiger partial charge on any atom is 1.00 e. The van der Waals surface area contributed by atoms with Crippen molar-refractivity contribution in [2.24, 2.45) is 0 Å². The molecule has 160 valence electrons. The van der Waals surface area contributed by atoms with Crippen LogP contribution in [0.25, 0.3) is 0 Å². The molecule has 7 nitrogen and oxygen atoms in total. The van der Waals surface area contributed by atoms with E-state index in [0.29, 0.717) is 24.9 Å². The number of carbonyl (C=O) groups excluding carboxylic acids is 2. The molecule has 0 aromatic heterocycles. The van der Waals surface area contributed by atoms with E-state index in [0.717, 1.165) is 22.4 Å². The van der Waals surface area contributed by atoms with Gasteiger partial charge in [-0.3, -0.25) is 4.79 Å². The Morgan fingerprint density at radius 3 is 2.41 bits per heavy atom. The Kier molecular flexibility index (Phi) is 13.0. The van der Waals surface area contributed by atoms with Gasteiger partial charge in [-0.1, -0.05) is 48.5 Å². The summed E-state index contributed by atoms with van der Waals surface area (Å²) in [5, 5.41) is 11.2. The second-order valence-corrected chi connectivity index (χ2v) is 9.21. The number of carbonyl (C=O) groups is 2. The predicted molar refractivity (Wildman–Crippen MR) is 109 cm³/mol. The molecule has 1 heterocycles. The third-order valence-corrected chi connectivity index (χ3v) is 6.50. The first-order valence-electron chi connectivity index (χ1n) is 9.97. The minimum Gasteiger partial charge on any atom is -0.778 e. The number of unbranched alkanes of at least 4 members (excludes halogenated alkanes) is 1. The Bertz CT molecular complexity index is 943. The number of para-hydroxylation sites is 1. The number of aliphatic carboxylic acids is 1. The number of hydrogen-bond donors (Lipinski definition) is 0. The van der Waals surface area contributed by atoms with Crippen LogP contribution in [0.1, 0.15) is 30.4 Å². The summed E-state index contributed by atoms with van der Waals surface area (Å²) in [5.41, 5.74) is 2.34. The van der Waals surface area contributed by atoms with Crippen molar-refractivity contribution in [3.63, 3.8) is 0 Å². The SMILES string of the molecule is O=C([O-])CN1C(=O)C(OP(=O)([O-])CCCCc2ccccc2)CCc2ccccc21.[Na+].[Na+]. The molecule has 0 radical (unpaired) electrons.